The van der Waals surface area contributed by atoms with Crippen molar-refractivity contribution in [1.29, 1.82) is 0 Å². The van der Waals surface area contributed by atoms with Crippen LogP contribution in [0.2, 0.25) is 0 Å². The van der Waals surface area contributed by atoms with Gasteiger partial charge in [-0.1, -0.05) is 153 Å². The van der Waals surface area contributed by atoms with Crippen molar-refractivity contribution in [2.45, 2.75) is 38.8 Å². The molecule has 0 saturated carbocycles. The summed E-state index contributed by atoms with van der Waals surface area (Å²) in [5, 5.41) is 14.6. The molecule has 0 unspecified atom stereocenters. The van der Waals surface area contributed by atoms with Crippen molar-refractivity contribution in [2.24, 2.45) is 0 Å². The largest absolute Gasteiger partial charge is 0.488 e. The lowest BCUT2D eigenvalue weighted by molar-refractivity contribution is 0.0593. The van der Waals surface area contributed by atoms with Crippen molar-refractivity contribution < 1.29 is 14.3 Å². The number of carbonyl (C=O) groups is 1. The predicted molar refractivity (Wildman–Crippen MR) is 202 cm³/mol. The maximum absolute atomic E-state index is 12.7. The smallest absolute Gasteiger partial charge is 0.343 e. The summed E-state index contributed by atoms with van der Waals surface area (Å²) in [5.41, 5.74) is 7.88. The zero-order chi connectivity index (χ0) is 35.9. The zero-order valence-electron chi connectivity index (χ0n) is 29.4. The molecular weight excluding hydrogens is 647 g/mol. The molecule has 7 aromatic rings. The number of esters is 1. The molecule has 258 valence electrons. The van der Waals surface area contributed by atoms with Gasteiger partial charge in [0.25, 0.3) is 0 Å². The highest BCUT2D eigenvalue weighted by molar-refractivity contribution is 5.93. The maximum atomic E-state index is 12.7. The van der Waals surface area contributed by atoms with Gasteiger partial charge in [0, 0.05) is 17.3 Å². The summed E-state index contributed by atoms with van der Waals surface area (Å²) in [7, 11) is 1.37. The lowest BCUT2D eigenvalue weighted by atomic mass is 9.77. The minimum Gasteiger partial charge on any atom is -0.488 e. The first kappa shape index (κ1) is 34.1. The van der Waals surface area contributed by atoms with Gasteiger partial charge in [-0.05, 0) is 51.4 Å². The van der Waals surface area contributed by atoms with E-state index in [0.717, 1.165) is 51.1 Å². The second kappa shape index (κ2) is 15.2. The number of hydrogen-bond acceptors (Lipinski definition) is 7. The van der Waals surface area contributed by atoms with Gasteiger partial charge in [0.15, 0.2) is 5.54 Å². The van der Waals surface area contributed by atoms with Crippen molar-refractivity contribution in [2.75, 3.05) is 7.11 Å². The summed E-state index contributed by atoms with van der Waals surface area (Å²) in [4.78, 5) is 19.1. The van der Waals surface area contributed by atoms with E-state index in [9.17, 15) is 4.79 Å². The summed E-state index contributed by atoms with van der Waals surface area (Å²) in [6.45, 7) is 4.28. The van der Waals surface area contributed by atoms with E-state index >= 15 is 0 Å². The predicted octanol–water partition coefficient (Wildman–Crippen LogP) is 8.73. The monoisotopic (exact) mass is 685 g/mol. The third-order valence-corrected chi connectivity index (χ3v) is 9.31. The number of benzene rings is 5. The first-order chi connectivity index (χ1) is 25.6. The van der Waals surface area contributed by atoms with E-state index in [1.54, 1.807) is 4.80 Å². The molecule has 0 amide bonds. The first-order valence-electron chi connectivity index (χ1n) is 17.5. The molecule has 8 nitrogen and oxygen atoms in total. The standard InChI is InChI=1S/C44H39N5O3/c1-4-36-29-40(41(43(50)51-3)39(5-2)45-36)52-30-31-25-27-32(28-26-31)37-23-15-16-24-38(37)42-46-48-49(47-42)44(33-17-9-6-10-18-33,34-19-11-7-12-20-34)35-21-13-8-14-22-35/h6-29H,4-5,30H2,1-3H3. The number of hydrogen-bond donors (Lipinski definition) is 0. The fraction of sp³-hybridized carbons (Fsp3) is 0.159. The molecule has 0 atom stereocenters. The SMILES string of the molecule is CCc1cc(OCc2ccc(-c3ccccc3-c3nnn(C(c4ccccc4)(c4ccccc4)c4ccccc4)n3)cc2)c(C(=O)OC)c(CC)n1. The quantitative estimate of drug-likeness (QED) is 0.0938. The fourth-order valence-corrected chi connectivity index (χ4v) is 6.72. The summed E-state index contributed by atoms with van der Waals surface area (Å²) in [6, 6.07) is 49.0. The Labute approximate surface area is 303 Å². The molecule has 2 heterocycles. The molecule has 0 aliphatic rings. The van der Waals surface area contributed by atoms with Crippen LogP contribution in [0.4, 0.5) is 0 Å². The minimum absolute atomic E-state index is 0.276. The molecule has 7 rings (SSSR count). The maximum Gasteiger partial charge on any atom is 0.343 e. The number of rotatable bonds is 12. The second-order valence-corrected chi connectivity index (χ2v) is 12.4. The lowest BCUT2D eigenvalue weighted by Crippen LogP contribution is -2.39. The lowest BCUT2D eigenvalue weighted by Gasteiger charge is -2.34. The van der Waals surface area contributed by atoms with Crippen LogP contribution < -0.4 is 4.74 Å². The van der Waals surface area contributed by atoms with Crippen LogP contribution >= 0.6 is 0 Å². The minimum atomic E-state index is -0.871. The topological polar surface area (TPSA) is 92.0 Å². The second-order valence-electron chi connectivity index (χ2n) is 12.4. The molecule has 52 heavy (non-hydrogen) atoms. The number of aryl methyl sites for hydroxylation is 2. The van der Waals surface area contributed by atoms with Crippen LogP contribution in [0.1, 0.15) is 57.8 Å². The van der Waals surface area contributed by atoms with Gasteiger partial charge in [-0.3, -0.25) is 4.98 Å². The van der Waals surface area contributed by atoms with E-state index in [-0.39, 0.29) is 6.61 Å². The highest BCUT2D eigenvalue weighted by atomic mass is 16.5. The number of methoxy groups -OCH3 is 1. The number of ether oxygens (including phenoxy) is 2. The van der Waals surface area contributed by atoms with Crippen molar-refractivity contribution >= 4 is 5.97 Å². The Morgan fingerprint density at radius 2 is 1.25 bits per heavy atom. The van der Waals surface area contributed by atoms with Crippen LogP contribution in [0.5, 0.6) is 5.75 Å². The molecular formula is C44H39N5O3. The zero-order valence-corrected chi connectivity index (χ0v) is 29.4. The van der Waals surface area contributed by atoms with Crippen molar-refractivity contribution in [1.82, 2.24) is 25.2 Å². The third-order valence-electron chi connectivity index (χ3n) is 9.31. The Kier molecular flexibility index (Phi) is 9.97. The van der Waals surface area contributed by atoms with E-state index in [4.69, 9.17) is 24.9 Å². The molecule has 5 aromatic carbocycles. The van der Waals surface area contributed by atoms with Gasteiger partial charge in [0.2, 0.25) is 5.82 Å². The van der Waals surface area contributed by atoms with Crippen LogP contribution in [-0.2, 0) is 29.7 Å². The van der Waals surface area contributed by atoms with Crippen molar-refractivity contribution in [3.63, 3.8) is 0 Å². The Morgan fingerprint density at radius 1 is 0.692 bits per heavy atom. The van der Waals surface area contributed by atoms with E-state index in [2.05, 4.69) is 59.6 Å². The number of pyridine rings is 1. The number of aromatic nitrogens is 5. The van der Waals surface area contributed by atoms with Crippen LogP contribution in [0.3, 0.4) is 0 Å². The Balaban J connectivity index is 1.23. The van der Waals surface area contributed by atoms with Gasteiger partial charge in [-0.25, -0.2) is 4.79 Å². The summed E-state index contributed by atoms with van der Waals surface area (Å²) >= 11 is 0. The molecule has 2 aromatic heterocycles. The molecule has 0 radical (unpaired) electrons. The Hall–Kier alpha value is -6.41. The molecule has 0 fully saturated rings. The van der Waals surface area contributed by atoms with Gasteiger partial charge in [-0.2, -0.15) is 0 Å². The highest BCUT2D eigenvalue weighted by Crippen LogP contribution is 2.40. The third kappa shape index (κ3) is 6.47. The molecule has 0 spiro atoms. The van der Waals surface area contributed by atoms with E-state index < -0.39 is 11.5 Å². The molecule has 0 N–H and O–H groups in total. The van der Waals surface area contributed by atoms with Gasteiger partial charge >= 0.3 is 5.97 Å². The number of tetrazole rings is 1. The summed E-state index contributed by atoms with van der Waals surface area (Å²) in [6.07, 6.45) is 1.32. The van der Waals surface area contributed by atoms with Gasteiger partial charge in [-0.15, -0.1) is 15.0 Å². The Bertz CT molecular complexity index is 2170. The molecule has 0 saturated heterocycles. The highest BCUT2D eigenvalue weighted by Gasteiger charge is 2.41. The summed E-state index contributed by atoms with van der Waals surface area (Å²) < 4.78 is 11.3. The van der Waals surface area contributed by atoms with Gasteiger partial charge < -0.3 is 9.47 Å². The summed E-state index contributed by atoms with van der Waals surface area (Å²) in [5.74, 6) is 0.548. The number of carbonyl (C=O) groups excluding carboxylic acids is 1. The molecule has 0 bridgehead atoms. The average Bonchev–Trinajstić information content (AvgIpc) is 3.71. The van der Waals surface area contributed by atoms with Crippen molar-refractivity contribution in [3.8, 4) is 28.3 Å². The molecule has 8 heteroatoms. The van der Waals surface area contributed by atoms with Gasteiger partial charge in [0.1, 0.15) is 17.9 Å². The van der Waals surface area contributed by atoms with E-state index in [1.165, 1.54) is 7.11 Å². The molecule has 0 aliphatic carbocycles. The van der Waals surface area contributed by atoms with Crippen LogP contribution in [0, 0.1) is 0 Å². The number of nitrogens with zero attached hydrogens (tertiary/aromatic N) is 5. The normalized spacial score (nSPS) is 11.3. The molecule has 0 aliphatic heterocycles. The van der Waals surface area contributed by atoms with Crippen molar-refractivity contribution in [3.05, 3.63) is 185 Å². The van der Waals surface area contributed by atoms with Crippen LogP contribution in [0.15, 0.2) is 146 Å². The van der Waals surface area contributed by atoms with Crippen LogP contribution in [0.25, 0.3) is 22.5 Å². The average molecular weight is 686 g/mol. The fourth-order valence-electron chi connectivity index (χ4n) is 6.72. The van der Waals surface area contributed by atoms with Gasteiger partial charge in [0.05, 0.1) is 12.8 Å². The first-order valence-corrected chi connectivity index (χ1v) is 17.5. The van der Waals surface area contributed by atoms with E-state index in [1.807, 2.05) is 105 Å². The van der Waals surface area contributed by atoms with E-state index in [0.29, 0.717) is 29.3 Å². The Morgan fingerprint density at radius 3 is 1.79 bits per heavy atom. The van der Waals surface area contributed by atoms with Crippen LogP contribution in [-0.4, -0.2) is 38.3 Å².